The molecular formula is C14H18O2S. The van der Waals surface area contributed by atoms with Crippen LogP contribution >= 0.6 is 11.8 Å². The lowest BCUT2D eigenvalue weighted by molar-refractivity contribution is -0.116. The number of carbonyl (C=O) groups excluding carboxylic acids is 1. The predicted octanol–water partition coefficient (Wildman–Crippen LogP) is 2.71. The Labute approximate surface area is 107 Å². The van der Waals surface area contributed by atoms with Gasteiger partial charge in [-0.2, -0.15) is 0 Å². The summed E-state index contributed by atoms with van der Waals surface area (Å²) in [6.45, 7) is 2.93. The van der Waals surface area contributed by atoms with Gasteiger partial charge in [-0.25, -0.2) is 0 Å². The Morgan fingerprint density at radius 3 is 2.82 bits per heavy atom. The molecule has 2 unspecified atom stereocenters. The standard InChI is InChI=1S/C14H18O2S/c1-11-14(7-8-16-11)17-10-13(15)9-12-5-3-2-4-6-12/h2-6,11,14H,7-10H2,1H3. The summed E-state index contributed by atoms with van der Waals surface area (Å²) in [5, 5.41) is 0.495. The minimum atomic E-state index is 0.296. The van der Waals surface area contributed by atoms with Gasteiger partial charge in [0.1, 0.15) is 5.78 Å². The molecule has 1 aliphatic rings. The van der Waals surface area contributed by atoms with Crippen molar-refractivity contribution in [1.29, 1.82) is 0 Å². The molecule has 0 amide bonds. The van der Waals surface area contributed by atoms with Crippen molar-refractivity contribution in [3.63, 3.8) is 0 Å². The van der Waals surface area contributed by atoms with E-state index in [0.717, 1.165) is 18.6 Å². The van der Waals surface area contributed by atoms with Gasteiger partial charge in [-0.1, -0.05) is 30.3 Å². The Morgan fingerprint density at radius 2 is 2.18 bits per heavy atom. The third-order valence-corrected chi connectivity index (χ3v) is 4.54. The number of hydrogen-bond donors (Lipinski definition) is 0. The van der Waals surface area contributed by atoms with Gasteiger partial charge < -0.3 is 4.74 Å². The molecule has 2 rings (SSSR count). The van der Waals surface area contributed by atoms with Crippen molar-refractivity contribution in [2.24, 2.45) is 0 Å². The van der Waals surface area contributed by atoms with Gasteiger partial charge in [-0.15, -0.1) is 11.8 Å². The van der Waals surface area contributed by atoms with E-state index in [2.05, 4.69) is 6.92 Å². The molecule has 1 saturated heterocycles. The number of hydrogen-bond acceptors (Lipinski definition) is 3. The fourth-order valence-corrected chi connectivity index (χ4v) is 3.12. The van der Waals surface area contributed by atoms with Crippen LogP contribution < -0.4 is 0 Å². The van der Waals surface area contributed by atoms with Crippen LogP contribution in [0.4, 0.5) is 0 Å². The van der Waals surface area contributed by atoms with Gasteiger partial charge in [-0.05, 0) is 18.9 Å². The fraction of sp³-hybridized carbons (Fsp3) is 0.500. The minimum Gasteiger partial charge on any atom is -0.377 e. The second-order valence-corrected chi connectivity index (χ2v) is 5.64. The lowest BCUT2D eigenvalue weighted by Crippen LogP contribution is -2.16. The zero-order valence-corrected chi connectivity index (χ0v) is 10.9. The van der Waals surface area contributed by atoms with Crippen LogP contribution in [0.25, 0.3) is 0 Å². The van der Waals surface area contributed by atoms with Crippen LogP contribution in [0, 0.1) is 0 Å². The molecular weight excluding hydrogens is 232 g/mol. The maximum atomic E-state index is 11.8. The van der Waals surface area contributed by atoms with E-state index < -0.39 is 0 Å². The maximum absolute atomic E-state index is 11.8. The molecule has 0 spiro atoms. The topological polar surface area (TPSA) is 26.3 Å². The van der Waals surface area contributed by atoms with Crippen molar-refractivity contribution in [3.05, 3.63) is 35.9 Å². The van der Waals surface area contributed by atoms with E-state index >= 15 is 0 Å². The second-order valence-electron chi connectivity index (χ2n) is 4.42. The summed E-state index contributed by atoms with van der Waals surface area (Å²) in [7, 11) is 0. The van der Waals surface area contributed by atoms with Crippen molar-refractivity contribution in [1.82, 2.24) is 0 Å². The van der Waals surface area contributed by atoms with Gasteiger partial charge in [0.15, 0.2) is 0 Å². The largest absolute Gasteiger partial charge is 0.377 e. The number of rotatable bonds is 5. The van der Waals surface area contributed by atoms with E-state index in [1.165, 1.54) is 0 Å². The summed E-state index contributed by atoms with van der Waals surface area (Å²) in [6, 6.07) is 9.93. The number of ether oxygens (including phenoxy) is 1. The highest BCUT2D eigenvalue weighted by molar-refractivity contribution is 8.00. The lowest BCUT2D eigenvalue weighted by atomic mass is 10.1. The summed E-state index contributed by atoms with van der Waals surface area (Å²) >= 11 is 1.74. The van der Waals surface area contributed by atoms with E-state index in [1.54, 1.807) is 11.8 Å². The van der Waals surface area contributed by atoms with Crippen LogP contribution in [0.5, 0.6) is 0 Å². The first-order valence-corrected chi connectivity index (χ1v) is 7.09. The van der Waals surface area contributed by atoms with Crippen LogP contribution in [0.2, 0.25) is 0 Å². The zero-order valence-electron chi connectivity index (χ0n) is 10.1. The summed E-state index contributed by atoms with van der Waals surface area (Å²) in [5.41, 5.74) is 1.11. The van der Waals surface area contributed by atoms with E-state index in [9.17, 15) is 4.79 Å². The third-order valence-electron chi connectivity index (χ3n) is 3.01. The number of thioether (sulfide) groups is 1. The Balaban J connectivity index is 1.74. The summed E-state index contributed by atoms with van der Waals surface area (Å²) in [6.07, 6.45) is 1.92. The van der Waals surface area contributed by atoms with Crippen molar-refractivity contribution >= 4 is 17.5 Å². The van der Waals surface area contributed by atoms with Gasteiger partial charge in [0.2, 0.25) is 0 Å². The Kier molecular flexibility index (Phi) is 4.63. The van der Waals surface area contributed by atoms with E-state index in [1.807, 2.05) is 30.3 Å². The van der Waals surface area contributed by atoms with Crippen molar-refractivity contribution in [2.45, 2.75) is 31.1 Å². The van der Waals surface area contributed by atoms with Crippen molar-refractivity contribution < 1.29 is 9.53 Å². The molecule has 1 heterocycles. The highest BCUT2D eigenvalue weighted by Gasteiger charge is 2.25. The maximum Gasteiger partial charge on any atom is 0.147 e. The SMILES string of the molecule is CC1OCCC1SCC(=O)Cc1ccccc1. The van der Waals surface area contributed by atoms with Crippen LogP contribution in [-0.4, -0.2) is 29.5 Å². The third kappa shape index (κ3) is 3.86. The Hall–Kier alpha value is -0.800. The van der Waals surface area contributed by atoms with Crippen LogP contribution in [0.3, 0.4) is 0 Å². The number of benzene rings is 1. The monoisotopic (exact) mass is 250 g/mol. The summed E-state index contributed by atoms with van der Waals surface area (Å²) < 4.78 is 5.48. The van der Waals surface area contributed by atoms with Crippen LogP contribution in [0.1, 0.15) is 18.9 Å². The highest BCUT2D eigenvalue weighted by atomic mass is 32.2. The van der Waals surface area contributed by atoms with Crippen LogP contribution in [0.15, 0.2) is 30.3 Å². The van der Waals surface area contributed by atoms with E-state index in [-0.39, 0.29) is 0 Å². The second kappa shape index (κ2) is 6.22. The van der Waals surface area contributed by atoms with E-state index in [0.29, 0.717) is 29.3 Å². The van der Waals surface area contributed by atoms with E-state index in [4.69, 9.17) is 4.74 Å². The summed E-state index contributed by atoms with van der Waals surface area (Å²) in [5.74, 6) is 0.910. The molecule has 3 heteroatoms. The molecule has 0 aromatic heterocycles. The normalized spacial score (nSPS) is 23.8. The average Bonchev–Trinajstić information content (AvgIpc) is 2.74. The zero-order chi connectivity index (χ0) is 12.1. The molecule has 1 aliphatic heterocycles. The first kappa shape index (κ1) is 12.7. The van der Waals surface area contributed by atoms with Crippen LogP contribution in [-0.2, 0) is 16.0 Å². The molecule has 0 radical (unpaired) electrons. The first-order chi connectivity index (χ1) is 8.25. The molecule has 1 aromatic carbocycles. The number of ketones is 1. The molecule has 0 N–H and O–H groups in total. The average molecular weight is 250 g/mol. The lowest BCUT2D eigenvalue weighted by Gasteiger charge is -2.12. The number of carbonyl (C=O) groups is 1. The molecule has 17 heavy (non-hydrogen) atoms. The van der Waals surface area contributed by atoms with Crippen molar-refractivity contribution in [3.8, 4) is 0 Å². The Bertz CT molecular complexity index is 364. The minimum absolute atomic E-state index is 0.296. The molecule has 1 aromatic rings. The molecule has 0 bridgehead atoms. The molecule has 1 fully saturated rings. The van der Waals surface area contributed by atoms with Gasteiger partial charge in [0, 0.05) is 18.3 Å². The first-order valence-electron chi connectivity index (χ1n) is 6.04. The Morgan fingerprint density at radius 1 is 1.41 bits per heavy atom. The number of Topliss-reactive ketones (excluding diaryl/α,β-unsaturated/α-hetero) is 1. The molecule has 0 aliphatic carbocycles. The predicted molar refractivity (Wildman–Crippen MR) is 71.4 cm³/mol. The van der Waals surface area contributed by atoms with Crippen molar-refractivity contribution in [2.75, 3.05) is 12.4 Å². The quantitative estimate of drug-likeness (QED) is 0.803. The smallest absolute Gasteiger partial charge is 0.147 e. The van der Waals surface area contributed by atoms with Gasteiger partial charge in [0.05, 0.1) is 11.9 Å². The highest BCUT2D eigenvalue weighted by Crippen LogP contribution is 2.26. The van der Waals surface area contributed by atoms with Gasteiger partial charge in [-0.3, -0.25) is 4.79 Å². The molecule has 92 valence electrons. The van der Waals surface area contributed by atoms with Gasteiger partial charge in [0.25, 0.3) is 0 Å². The summed E-state index contributed by atoms with van der Waals surface area (Å²) in [4.78, 5) is 11.8. The van der Waals surface area contributed by atoms with Gasteiger partial charge >= 0.3 is 0 Å². The fourth-order valence-electron chi connectivity index (χ4n) is 2.01. The molecule has 2 nitrogen and oxygen atoms in total. The molecule has 2 atom stereocenters. The molecule has 0 saturated carbocycles.